The minimum atomic E-state index is -0.112. The van der Waals surface area contributed by atoms with Crippen molar-refractivity contribution in [3.63, 3.8) is 0 Å². The minimum Gasteiger partial charge on any atom is -0.353 e. The van der Waals surface area contributed by atoms with E-state index in [1.165, 1.54) is 12.8 Å². The lowest BCUT2D eigenvalue weighted by atomic mass is 10.3. The van der Waals surface area contributed by atoms with Crippen LogP contribution in [0.1, 0.15) is 32.6 Å². The molecule has 1 rings (SSSR count). The van der Waals surface area contributed by atoms with E-state index >= 15 is 0 Å². The SMILES string of the molecule is CCCC(=O)NCC(=O)NCCN(C)C1CC1. The van der Waals surface area contributed by atoms with E-state index in [-0.39, 0.29) is 18.4 Å². The molecule has 0 saturated heterocycles. The van der Waals surface area contributed by atoms with E-state index in [2.05, 4.69) is 22.6 Å². The first kappa shape index (κ1) is 14.0. The highest BCUT2D eigenvalue weighted by molar-refractivity contribution is 5.84. The summed E-state index contributed by atoms with van der Waals surface area (Å²) in [6.07, 6.45) is 3.84. The molecule has 0 aliphatic heterocycles. The number of likely N-dealkylation sites (N-methyl/N-ethyl adjacent to an activating group) is 1. The van der Waals surface area contributed by atoms with Crippen LogP contribution in [0.5, 0.6) is 0 Å². The molecule has 2 amide bonds. The second kappa shape index (κ2) is 7.27. The zero-order chi connectivity index (χ0) is 12.7. The van der Waals surface area contributed by atoms with Crippen molar-refractivity contribution in [1.29, 1.82) is 0 Å². The summed E-state index contributed by atoms with van der Waals surface area (Å²) in [5, 5.41) is 5.39. The van der Waals surface area contributed by atoms with E-state index in [9.17, 15) is 9.59 Å². The van der Waals surface area contributed by atoms with Gasteiger partial charge in [-0.1, -0.05) is 6.92 Å². The molecule has 0 atom stereocenters. The molecule has 0 radical (unpaired) electrons. The third-order valence-electron chi connectivity index (χ3n) is 2.88. The molecule has 0 aromatic heterocycles. The molecule has 2 N–H and O–H groups in total. The zero-order valence-electron chi connectivity index (χ0n) is 10.8. The number of carbonyl (C=O) groups is 2. The van der Waals surface area contributed by atoms with Crippen LogP contribution >= 0.6 is 0 Å². The standard InChI is InChI=1S/C12H23N3O2/c1-3-4-11(16)14-9-12(17)13-7-8-15(2)10-5-6-10/h10H,3-9H2,1-2H3,(H,13,17)(H,14,16). The van der Waals surface area contributed by atoms with Gasteiger partial charge in [0.05, 0.1) is 6.54 Å². The Labute approximate surface area is 103 Å². The third-order valence-corrected chi connectivity index (χ3v) is 2.88. The second-order valence-corrected chi connectivity index (χ2v) is 4.59. The Bertz CT molecular complexity index is 264. The molecule has 0 unspecified atom stereocenters. The quantitative estimate of drug-likeness (QED) is 0.634. The number of rotatable bonds is 8. The van der Waals surface area contributed by atoms with Crippen LogP contribution in [-0.2, 0) is 9.59 Å². The van der Waals surface area contributed by atoms with E-state index in [0.29, 0.717) is 13.0 Å². The zero-order valence-corrected chi connectivity index (χ0v) is 10.8. The lowest BCUT2D eigenvalue weighted by molar-refractivity contribution is -0.126. The Morgan fingerprint density at radius 3 is 2.53 bits per heavy atom. The largest absolute Gasteiger partial charge is 0.353 e. The fraction of sp³-hybridized carbons (Fsp3) is 0.833. The molecule has 5 nitrogen and oxygen atoms in total. The molecular weight excluding hydrogens is 218 g/mol. The van der Waals surface area contributed by atoms with Crippen LogP contribution in [0.15, 0.2) is 0 Å². The molecule has 0 spiro atoms. The van der Waals surface area contributed by atoms with E-state index in [1.54, 1.807) is 0 Å². The van der Waals surface area contributed by atoms with E-state index in [0.717, 1.165) is 19.0 Å². The van der Waals surface area contributed by atoms with Crippen molar-refractivity contribution >= 4 is 11.8 Å². The average Bonchev–Trinajstić information content (AvgIpc) is 3.10. The molecule has 0 aromatic carbocycles. The molecule has 0 bridgehead atoms. The Balaban J connectivity index is 1.98. The van der Waals surface area contributed by atoms with Gasteiger partial charge in [-0.3, -0.25) is 9.59 Å². The van der Waals surface area contributed by atoms with Crippen LogP contribution in [0.4, 0.5) is 0 Å². The summed E-state index contributed by atoms with van der Waals surface area (Å²) in [6.45, 7) is 3.55. The van der Waals surface area contributed by atoms with Gasteiger partial charge in [-0.05, 0) is 26.3 Å². The van der Waals surface area contributed by atoms with Crippen LogP contribution in [0.3, 0.4) is 0 Å². The highest BCUT2D eigenvalue weighted by Gasteiger charge is 2.25. The summed E-state index contributed by atoms with van der Waals surface area (Å²) in [4.78, 5) is 24.8. The molecule has 1 aliphatic rings. The third kappa shape index (κ3) is 6.26. The molecule has 1 aliphatic carbocycles. The first-order valence-electron chi connectivity index (χ1n) is 6.37. The molecule has 98 valence electrons. The summed E-state index contributed by atoms with van der Waals surface area (Å²) in [6, 6.07) is 0.719. The molecule has 0 heterocycles. The van der Waals surface area contributed by atoms with Crippen molar-refractivity contribution in [2.45, 2.75) is 38.6 Å². The fourth-order valence-electron chi connectivity index (χ4n) is 1.63. The van der Waals surface area contributed by atoms with Crippen molar-refractivity contribution in [2.24, 2.45) is 0 Å². The van der Waals surface area contributed by atoms with Crippen LogP contribution < -0.4 is 10.6 Å². The van der Waals surface area contributed by atoms with Crippen molar-refractivity contribution < 1.29 is 9.59 Å². The molecule has 17 heavy (non-hydrogen) atoms. The van der Waals surface area contributed by atoms with Gasteiger partial charge in [-0.15, -0.1) is 0 Å². The van der Waals surface area contributed by atoms with Crippen LogP contribution in [0, 0.1) is 0 Å². The smallest absolute Gasteiger partial charge is 0.239 e. The first-order chi connectivity index (χ1) is 8.13. The van der Waals surface area contributed by atoms with Gasteiger partial charge in [0, 0.05) is 25.6 Å². The van der Waals surface area contributed by atoms with Crippen LogP contribution in [-0.4, -0.2) is 49.4 Å². The van der Waals surface area contributed by atoms with Gasteiger partial charge in [0.1, 0.15) is 0 Å². The van der Waals surface area contributed by atoms with E-state index in [1.807, 2.05) is 6.92 Å². The molecule has 1 saturated carbocycles. The highest BCUT2D eigenvalue weighted by atomic mass is 16.2. The van der Waals surface area contributed by atoms with Gasteiger partial charge in [0.2, 0.25) is 11.8 Å². The van der Waals surface area contributed by atoms with E-state index < -0.39 is 0 Å². The summed E-state index contributed by atoms with van der Waals surface area (Å²) in [5.41, 5.74) is 0. The van der Waals surface area contributed by atoms with Crippen LogP contribution in [0.25, 0.3) is 0 Å². The van der Waals surface area contributed by atoms with Crippen molar-refractivity contribution in [3.8, 4) is 0 Å². The summed E-state index contributed by atoms with van der Waals surface area (Å²) >= 11 is 0. The molecule has 5 heteroatoms. The maximum Gasteiger partial charge on any atom is 0.239 e. The Hall–Kier alpha value is -1.10. The second-order valence-electron chi connectivity index (χ2n) is 4.59. The predicted octanol–water partition coefficient (Wildman–Crippen LogP) is 0.113. The van der Waals surface area contributed by atoms with Gasteiger partial charge >= 0.3 is 0 Å². The molecule has 1 fully saturated rings. The summed E-state index contributed by atoms with van der Waals surface area (Å²) in [7, 11) is 2.08. The Morgan fingerprint density at radius 1 is 1.24 bits per heavy atom. The summed E-state index contributed by atoms with van der Waals surface area (Å²) < 4.78 is 0. The summed E-state index contributed by atoms with van der Waals surface area (Å²) in [5.74, 6) is -0.170. The molecule has 0 aromatic rings. The number of hydrogen-bond donors (Lipinski definition) is 2. The lowest BCUT2D eigenvalue weighted by Crippen LogP contribution is -2.40. The Morgan fingerprint density at radius 2 is 1.94 bits per heavy atom. The maximum atomic E-state index is 11.4. The predicted molar refractivity (Wildman–Crippen MR) is 66.6 cm³/mol. The van der Waals surface area contributed by atoms with Crippen molar-refractivity contribution in [3.05, 3.63) is 0 Å². The molecular formula is C12H23N3O2. The number of hydrogen-bond acceptors (Lipinski definition) is 3. The lowest BCUT2D eigenvalue weighted by Gasteiger charge is -2.15. The van der Waals surface area contributed by atoms with Gasteiger partial charge in [-0.25, -0.2) is 0 Å². The maximum absolute atomic E-state index is 11.4. The monoisotopic (exact) mass is 241 g/mol. The topological polar surface area (TPSA) is 61.4 Å². The first-order valence-corrected chi connectivity index (χ1v) is 6.37. The minimum absolute atomic E-state index is 0.0576. The normalized spacial score (nSPS) is 14.8. The number of amides is 2. The average molecular weight is 241 g/mol. The van der Waals surface area contributed by atoms with Gasteiger partial charge in [0.25, 0.3) is 0 Å². The van der Waals surface area contributed by atoms with E-state index in [4.69, 9.17) is 0 Å². The fourth-order valence-corrected chi connectivity index (χ4v) is 1.63. The van der Waals surface area contributed by atoms with Crippen LogP contribution in [0.2, 0.25) is 0 Å². The van der Waals surface area contributed by atoms with Gasteiger partial charge in [-0.2, -0.15) is 0 Å². The number of carbonyl (C=O) groups excluding carboxylic acids is 2. The highest BCUT2D eigenvalue weighted by Crippen LogP contribution is 2.24. The van der Waals surface area contributed by atoms with Gasteiger partial charge < -0.3 is 15.5 Å². The number of nitrogens with zero attached hydrogens (tertiary/aromatic N) is 1. The Kier molecular flexibility index (Phi) is 5.97. The van der Waals surface area contributed by atoms with Gasteiger partial charge in [0.15, 0.2) is 0 Å². The van der Waals surface area contributed by atoms with Crippen molar-refractivity contribution in [2.75, 3.05) is 26.7 Å². The van der Waals surface area contributed by atoms with Crippen molar-refractivity contribution in [1.82, 2.24) is 15.5 Å². The number of nitrogens with one attached hydrogen (secondary N) is 2.